The van der Waals surface area contributed by atoms with Crippen molar-refractivity contribution in [2.24, 2.45) is 0 Å². The van der Waals surface area contributed by atoms with Gasteiger partial charge < -0.3 is 0 Å². The molecule has 0 N–H and O–H groups in total. The standard InChI is InChI=1S/C31H27N3O3S2/c1-21-18-27-29(19-22(21)2)38-31(32-27)33(20-23-8-4-3-5-9-23)30(35)25-12-14-26(15-13-25)39(36,37)34-17-16-24-10-6-7-11-28(24)34/h3-15,18-19H,16-17,20H2,1-2H3. The van der Waals surface area contributed by atoms with Crippen LogP contribution >= 0.6 is 11.3 Å². The number of carbonyl (C=O) groups excluding carboxylic acids is 1. The summed E-state index contributed by atoms with van der Waals surface area (Å²) in [6.07, 6.45) is 0.682. The predicted molar refractivity (Wildman–Crippen MR) is 157 cm³/mol. The molecule has 0 fully saturated rings. The fraction of sp³-hybridized carbons (Fsp3) is 0.161. The van der Waals surface area contributed by atoms with Gasteiger partial charge in [-0.1, -0.05) is 59.9 Å². The number of amides is 1. The molecule has 8 heteroatoms. The normalized spacial score (nSPS) is 13.0. The molecule has 0 unspecified atom stereocenters. The maximum atomic E-state index is 13.9. The van der Waals surface area contributed by atoms with Gasteiger partial charge in [-0.3, -0.25) is 14.0 Å². The van der Waals surface area contributed by atoms with E-state index in [1.165, 1.54) is 33.3 Å². The van der Waals surface area contributed by atoms with E-state index in [1.807, 2.05) is 60.7 Å². The molecule has 1 aliphatic rings. The third-order valence-corrected chi connectivity index (χ3v) is 10.1. The molecule has 0 aliphatic carbocycles. The van der Waals surface area contributed by atoms with Crippen LogP contribution in [0.25, 0.3) is 10.2 Å². The molecule has 1 amide bonds. The van der Waals surface area contributed by atoms with Gasteiger partial charge in [0.25, 0.3) is 15.9 Å². The van der Waals surface area contributed by atoms with Crippen molar-refractivity contribution in [1.82, 2.24) is 4.98 Å². The Morgan fingerprint density at radius 2 is 1.62 bits per heavy atom. The highest BCUT2D eigenvalue weighted by Crippen LogP contribution is 2.34. The fourth-order valence-corrected chi connectivity index (χ4v) is 7.43. The van der Waals surface area contributed by atoms with Gasteiger partial charge in [-0.15, -0.1) is 0 Å². The zero-order chi connectivity index (χ0) is 27.1. The van der Waals surface area contributed by atoms with Crippen molar-refractivity contribution < 1.29 is 13.2 Å². The van der Waals surface area contributed by atoms with Crippen molar-refractivity contribution in [3.8, 4) is 0 Å². The molecular weight excluding hydrogens is 526 g/mol. The molecule has 0 spiro atoms. The smallest absolute Gasteiger partial charge is 0.264 e. The van der Waals surface area contributed by atoms with Crippen molar-refractivity contribution in [3.63, 3.8) is 0 Å². The summed E-state index contributed by atoms with van der Waals surface area (Å²) in [7, 11) is -3.74. The van der Waals surface area contributed by atoms with Crippen molar-refractivity contribution in [3.05, 3.63) is 119 Å². The van der Waals surface area contributed by atoms with E-state index in [1.54, 1.807) is 17.0 Å². The van der Waals surface area contributed by atoms with E-state index in [-0.39, 0.29) is 10.8 Å². The van der Waals surface area contributed by atoms with Crippen LogP contribution < -0.4 is 9.21 Å². The van der Waals surface area contributed by atoms with Gasteiger partial charge in [0.2, 0.25) is 0 Å². The lowest BCUT2D eigenvalue weighted by molar-refractivity contribution is 0.0985. The number of hydrogen-bond donors (Lipinski definition) is 0. The van der Waals surface area contributed by atoms with Crippen molar-refractivity contribution in [1.29, 1.82) is 0 Å². The Hall–Kier alpha value is -4.01. The van der Waals surface area contributed by atoms with Crippen LogP contribution in [0.4, 0.5) is 10.8 Å². The zero-order valence-corrected chi connectivity index (χ0v) is 23.3. The van der Waals surface area contributed by atoms with E-state index in [9.17, 15) is 13.2 Å². The van der Waals surface area contributed by atoms with Gasteiger partial charge in [0.05, 0.1) is 27.3 Å². The van der Waals surface area contributed by atoms with E-state index < -0.39 is 10.0 Å². The topological polar surface area (TPSA) is 70.6 Å². The van der Waals surface area contributed by atoms with Gasteiger partial charge in [0.15, 0.2) is 5.13 Å². The third-order valence-electron chi connectivity index (χ3n) is 7.19. The Morgan fingerprint density at radius 3 is 2.38 bits per heavy atom. The summed E-state index contributed by atoms with van der Waals surface area (Å²) >= 11 is 1.48. The first kappa shape index (κ1) is 25.3. The van der Waals surface area contributed by atoms with Crippen LogP contribution in [-0.2, 0) is 23.0 Å². The molecule has 0 bridgehead atoms. The predicted octanol–water partition coefficient (Wildman–Crippen LogP) is 6.51. The second kappa shape index (κ2) is 9.94. The van der Waals surface area contributed by atoms with Gasteiger partial charge in [-0.2, -0.15) is 0 Å². The highest BCUT2D eigenvalue weighted by atomic mass is 32.2. The molecule has 2 heterocycles. The number of para-hydroxylation sites is 1. The summed E-state index contributed by atoms with van der Waals surface area (Å²) in [5.41, 5.74) is 6.30. The van der Waals surface area contributed by atoms with E-state index in [4.69, 9.17) is 4.98 Å². The van der Waals surface area contributed by atoms with Crippen LogP contribution in [0.3, 0.4) is 0 Å². The lowest BCUT2D eigenvalue weighted by Crippen LogP contribution is -2.31. The van der Waals surface area contributed by atoms with Gasteiger partial charge in [0.1, 0.15) is 0 Å². The molecule has 39 heavy (non-hydrogen) atoms. The number of nitrogens with zero attached hydrogens (tertiary/aromatic N) is 3. The summed E-state index contributed by atoms with van der Waals surface area (Å²) in [4.78, 5) is 20.5. The van der Waals surface area contributed by atoms with Crippen LogP contribution in [0.15, 0.2) is 95.9 Å². The second-order valence-electron chi connectivity index (χ2n) is 9.76. The minimum Gasteiger partial charge on any atom is -0.279 e. The molecule has 0 saturated heterocycles. The Bertz CT molecular complexity index is 1760. The SMILES string of the molecule is Cc1cc2nc(N(Cc3ccccc3)C(=O)c3ccc(S(=O)(=O)N4CCc5ccccc54)cc3)sc2cc1C. The number of rotatable bonds is 6. The lowest BCUT2D eigenvalue weighted by Gasteiger charge is -2.21. The highest BCUT2D eigenvalue weighted by Gasteiger charge is 2.31. The summed E-state index contributed by atoms with van der Waals surface area (Å²) in [5, 5.41) is 0.606. The second-order valence-corrected chi connectivity index (χ2v) is 12.6. The Morgan fingerprint density at radius 1 is 0.923 bits per heavy atom. The lowest BCUT2D eigenvalue weighted by atomic mass is 10.1. The molecule has 5 aromatic rings. The molecule has 196 valence electrons. The monoisotopic (exact) mass is 553 g/mol. The van der Waals surface area contributed by atoms with Crippen LogP contribution in [0, 0.1) is 13.8 Å². The maximum absolute atomic E-state index is 13.9. The molecule has 0 atom stereocenters. The summed E-state index contributed by atoms with van der Waals surface area (Å²) in [6.45, 7) is 4.88. The summed E-state index contributed by atoms with van der Waals surface area (Å²) in [5.74, 6) is -0.234. The average Bonchev–Trinajstić information content (AvgIpc) is 3.57. The maximum Gasteiger partial charge on any atom is 0.264 e. The molecule has 4 aromatic carbocycles. The summed E-state index contributed by atoms with van der Waals surface area (Å²) in [6, 6.07) is 27.7. The number of hydrogen-bond acceptors (Lipinski definition) is 5. The summed E-state index contributed by atoms with van der Waals surface area (Å²) < 4.78 is 29.4. The largest absolute Gasteiger partial charge is 0.279 e. The Balaban J connectivity index is 1.33. The van der Waals surface area contributed by atoms with Crippen LogP contribution in [-0.4, -0.2) is 25.9 Å². The Kier molecular flexibility index (Phi) is 6.45. The molecule has 1 aromatic heterocycles. The number of benzene rings is 4. The molecule has 6 nitrogen and oxygen atoms in total. The first-order chi connectivity index (χ1) is 18.8. The minimum absolute atomic E-state index is 0.163. The molecule has 6 rings (SSSR count). The fourth-order valence-electron chi connectivity index (χ4n) is 4.89. The molecule has 0 saturated carbocycles. The van der Waals surface area contributed by atoms with Crippen molar-refractivity contribution >= 4 is 48.3 Å². The van der Waals surface area contributed by atoms with Crippen molar-refractivity contribution in [2.75, 3.05) is 15.7 Å². The number of aryl methyl sites for hydroxylation is 2. The molecular formula is C31H27N3O3S2. The number of fused-ring (bicyclic) bond motifs is 2. The van der Waals surface area contributed by atoms with Crippen LogP contribution in [0.1, 0.15) is 32.6 Å². The Labute approximate surface area is 232 Å². The molecule has 1 aliphatic heterocycles. The first-order valence-corrected chi connectivity index (χ1v) is 15.0. The van der Waals surface area contributed by atoms with Gasteiger partial charge in [-0.25, -0.2) is 13.4 Å². The number of sulfonamides is 1. The van der Waals surface area contributed by atoms with Gasteiger partial charge >= 0.3 is 0 Å². The number of carbonyl (C=O) groups is 1. The van der Waals surface area contributed by atoms with Crippen molar-refractivity contribution in [2.45, 2.75) is 31.7 Å². The van der Waals surface area contributed by atoms with E-state index in [2.05, 4.69) is 19.9 Å². The van der Waals surface area contributed by atoms with Crippen LogP contribution in [0.2, 0.25) is 0 Å². The minimum atomic E-state index is -3.74. The van der Waals surface area contributed by atoms with Gasteiger partial charge in [-0.05, 0) is 85.0 Å². The highest BCUT2D eigenvalue weighted by molar-refractivity contribution is 7.92. The van der Waals surface area contributed by atoms with E-state index in [0.717, 1.165) is 26.9 Å². The third kappa shape index (κ3) is 4.70. The average molecular weight is 554 g/mol. The zero-order valence-electron chi connectivity index (χ0n) is 21.7. The number of aromatic nitrogens is 1. The quantitative estimate of drug-likeness (QED) is 0.240. The van der Waals surface area contributed by atoms with Gasteiger partial charge in [0, 0.05) is 12.1 Å². The number of thiazole rings is 1. The van der Waals surface area contributed by atoms with E-state index in [0.29, 0.717) is 35.9 Å². The number of anilines is 2. The van der Waals surface area contributed by atoms with Crippen LogP contribution in [0.5, 0.6) is 0 Å². The van der Waals surface area contributed by atoms with E-state index >= 15 is 0 Å². The molecule has 0 radical (unpaired) electrons. The first-order valence-electron chi connectivity index (χ1n) is 12.8.